The molecule has 0 heterocycles. The number of ether oxygens (including phenoxy) is 1. The number of allylic oxidation sites excluding steroid dienone is 2. The summed E-state index contributed by atoms with van der Waals surface area (Å²) in [6.45, 7) is 4.48. The summed E-state index contributed by atoms with van der Waals surface area (Å²) in [6.07, 6.45) is 38.3. The van der Waals surface area contributed by atoms with Crippen molar-refractivity contribution in [1.29, 1.82) is 0 Å². The summed E-state index contributed by atoms with van der Waals surface area (Å²) in [6, 6.07) is 0. The van der Waals surface area contributed by atoms with Gasteiger partial charge in [-0.05, 0) is 64.2 Å². The van der Waals surface area contributed by atoms with Crippen LogP contribution >= 0.6 is 0 Å². The molecule has 0 bridgehead atoms. The Kier molecular flexibility index (Phi) is 31.1. The Morgan fingerprint density at radius 2 is 0.900 bits per heavy atom. The molecule has 0 saturated carbocycles. The third kappa shape index (κ3) is 31.2. The first-order valence-corrected chi connectivity index (χ1v) is 17.7. The van der Waals surface area contributed by atoms with Gasteiger partial charge < -0.3 is 9.84 Å². The first-order valence-electron chi connectivity index (χ1n) is 17.7. The maximum absolute atomic E-state index is 12.4. The minimum absolute atomic E-state index is 0.0102. The minimum atomic E-state index is -0.703. The Labute approximate surface area is 249 Å². The van der Waals surface area contributed by atoms with E-state index in [0.29, 0.717) is 6.42 Å². The van der Waals surface area contributed by atoms with E-state index < -0.39 is 5.97 Å². The molecule has 0 rings (SSSR count). The summed E-state index contributed by atoms with van der Waals surface area (Å²) in [4.78, 5) is 23.0. The average molecular weight is 565 g/mol. The van der Waals surface area contributed by atoms with Gasteiger partial charge in [-0.25, -0.2) is 0 Å². The van der Waals surface area contributed by atoms with Gasteiger partial charge in [0.05, 0.1) is 0 Å². The van der Waals surface area contributed by atoms with Gasteiger partial charge in [0.2, 0.25) is 0 Å². The van der Waals surface area contributed by atoms with E-state index in [4.69, 9.17) is 9.84 Å². The topological polar surface area (TPSA) is 63.6 Å². The van der Waals surface area contributed by atoms with E-state index in [1.54, 1.807) is 0 Å². The smallest absolute Gasteiger partial charge is 0.306 e. The number of carboxylic acids is 1. The van der Waals surface area contributed by atoms with Gasteiger partial charge in [-0.15, -0.1) is 0 Å². The lowest BCUT2D eigenvalue weighted by molar-refractivity contribution is -0.150. The number of unbranched alkanes of at least 4 members (excludes halogenated alkanes) is 21. The van der Waals surface area contributed by atoms with Crippen molar-refractivity contribution in [3.05, 3.63) is 12.2 Å². The molecule has 4 nitrogen and oxygen atoms in total. The number of carbonyl (C=O) groups excluding carboxylic acids is 1. The van der Waals surface area contributed by atoms with Gasteiger partial charge in [0, 0.05) is 12.8 Å². The van der Waals surface area contributed by atoms with Gasteiger partial charge in [-0.3, -0.25) is 9.59 Å². The van der Waals surface area contributed by atoms with Crippen LogP contribution < -0.4 is 0 Å². The van der Waals surface area contributed by atoms with Crippen molar-refractivity contribution < 1.29 is 19.4 Å². The molecule has 1 unspecified atom stereocenters. The molecule has 0 aliphatic carbocycles. The normalized spacial score (nSPS) is 12.2. The molecule has 0 aromatic carbocycles. The molecular weight excluding hydrogens is 496 g/mol. The van der Waals surface area contributed by atoms with Gasteiger partial charge in [0.25, 0.3) is 0 Å². The van der Waals surface area contributed by atoms with Crippen LogP contribution in [0.25, 0.3) is 0 Å². The molecule has 236 valence electrons. The maximum atomic E-state index is 12.4. The number of carboxylic acid groups (broad SMARTS) is 1. The van der Waals surface area contributed by atoms with Crippen molar-refractivity contribution in [1.82, 2.24) is 0 Å². The third-order valence-electron chi connectivity index (χ3n) is 7.99. The Balaban J connectivity index is 3.64. The van der Waals surface area contributed by atoms with E-state index >= 15 is 0 Å². The van der Waals surface area contributed by atoms with Crippen molar-refractivity contribution in [2.75, 3.05) is 0 Å². The molecule has 0 aliphatic heterocycles. The number of hydrogen-bond donors (Lipinski definition) is 1. The highest BCUT2D eigenvalue weighted by molar-refractivity contribution is 5.69. The van der Waals surface area contributed by atoms with Crippen LogP contribution in [0.15, 0.2) is 12.2 Å². The largest absolute Gasteiger partial charge is 0.481 e. The van der Waals surface area contributed by atoms with E-state index in [1.807, 2.05) is 0 Å². The third-order valence-corrected chi connectivity index (χ3v) is 7.99. The first kappa shape index (κ1) is 38.7. The zero-order valence-corrected chi connectivity index (χ0v) is 26.9. The molecule has 1 N–H and O–H groups in total. The quantitative estimate of drug-likeness (QED) is 0.0501. The van der Waals surface area contributed by atoms with Crippen molar-refractivity contribution >= 4 is 11.9 Å². The van der Waals surface area contributed by atoms with Crippen LogP contribution in [0.5, 0.6) is 0 Å². The van der Waals surface area contributed by atoms with E-state index in [2.05, 4.69) is 26.0 Å². The maximum Gasteiger partial charge on any atom is 0.306 e. The molecule has 0 aromatic heterocycles. The molecule has 0 amide bonds. The second-order valence-electron chi connectivity index (χ2n) is 12.1. The van der Waals surface area contributed by atoms with Gasteiger partial charge in [-0.2, -0.15) is 0 Å². The van der Waals surface area contributed by atoms with Crippen LogP contribution in [0.1, 0.15) is 200 Å². The fraction of sp³-hybridized carbons (Fsp3) is 0.889. The molecule has 0 aliphatic rings. The second kappa shape index (κ2) is 32.2. The summed E-state index contributed by atoms with van der Waals surface area (Å²) in [5, 5.41) is 8.73. The number of hydrogen-bond acceptors (Lipinski definition) is 3. The van der Waals surface area contributed by atoms with E-state index in [-0.39, 0.29) is 18.5 Å². The summed E-state index contributed by atoms with van der Waals surface area (Å²) in [5.74, 6) is -0.713. The molecule has 40 heavy (non-hydrogen) atoms. The summed E-state index contributed by atoms with van der Waals surface area (Å²) in [7, 11) is 0. The van der Waals surface area contributed by atoms with Crippen LogP contribution in [0.2, 0.25) is 0 Å². The van der Waals surface area contributed by atoms with E-state index in [1.165, 1.54) is 109 Å². The van der Waals surface area contributed by atoms with E-state index in [0.717, 1.165) is 64.2 Å². The van der Waals surface area contributed by atoms with Crippen molar-refractivity contribution in [2.45, 2.75) is 206 Å². The lowest BCUT2D eigenvalue weighted by Crippen LogP contribution is -2.18. The van der Waals surface area contributed by atoms with Crippen LogP contribution in [0, 0.1) is 0 Å². The number of rotatable bonds is 32. The van der Waals surface area contributed by atoms with Crippen molar-refractivity contribution in [2.24, 2.45) is 0 Å². The molecular formula is C36H68O4. The van der Waals surface area contributed by atoms with E-state index in [9.17, 15) is 9.59 Å². The molecule has 0 spiro atoms. The number of carbonyl (C=O) groups is 2. The zero-order valence-electron chi connectivity index (χ0n) is 26.9. The monoisotopic (exact) mass is 565 g/mol. The molecule has 4 heteroatoms. The SMILES string of the molecule is CCCCCCCC/C=C\CCCCCCCCCCCC(=O)OC(CCCCC)CCCCCCCC(=O)O. The van der Waals surface area contributed by atoms with Crippen LogP contribution in [-0.2, 0) is 14.3 Å². The predicted octanol–water partition coefficient (Wildman–Crippen LogP) is 11.9. The van der Waals surface area contributed by atoms with Gasteiger partial charge in [0.15, 0.2) is 0 Å². The highest BCUT2D eigenvalue weighted by Gasteiger charge is 2.14. The van der Waals surface area contributed by atoms with Crippen molar-refractivity contribution in [3.63, 3.8) is 0 Å². The summed E-state index contributed by atoms with van der Waals surface area (Å²) < 4.78 is 5.87. The predicted molar refractivity (Wildman–Crippen MR) is 172 cm³/mol. The molecule has 0 fully saturated rings. The Bertz CT molecular complexity index is 571. The minimum Gasteiger partial charge on any atom is -0.481 e. The molecule has 1 atom stereocenters. The standard InChI is InChI=1S/C36H68O4/c1-3-5-7-8-9-10-11-12-13-14-15-16-17-18-19-20-21-25-29-33-36(39)40-34(30-26-6-4-2)31-27-23-22-24-28-32-35(37)38/h12-13,34H,3-11,14-33H2,1-2H3,(H,37,38)/b13-12-. The Hall–Kier alpha value is -1.32. The Morgan fingerprint density at radius 3 is 1.40 bits per heavy atom. The fourth-order valence-electron chi connectivity index (χ4n) is 5.35. The van der Waals surface area contributed by atoms with Crippen LogP contribution in [0.4, 0.5) is 0 Å². The highest BCUT2D eigenvalue weighted by Crippen LogP contribution is 2.18. The van der Waals surface area contributed by atoms with Gasteiger partial charge >= 0.3 is 11.9 Å². The van der Waals surface area contributed by atoms with Gasteiger partial charge in [0.1, 0.15) is 6.10 Å². The summed E-state index contributed by atoms with van der Waals surface area (Å²) >= 11 is 0. The van der Waals surface area contributed by atoms with Crippen LogP contribution in [-0.4, -0.2) is 23.1 Å². The van der Waals surface area contributed by atoms with Gasteiger partial charge in [-0.1, -0.05) is 135 Å². The lowest BCUT2D eigenvalue weighted by Gasteiger charge is -2.18. The first-order chi connectivity index (χ1) is 19.6. The molecule has 0 aromatic rings. The number of esters is 1. The zero-order chi connectivity index (χ0) is 29.4. The average Bonchev–Trinajstić information content (AvgIpc) is 2.93. The highest BCUT2D eigenvalue weighted by atomic mass is 16.5. The van der Waals surface area contributed by atoms with Crippen molar-refractivity contribution in [3.8, 4) is 0 Å². The summed E-state index contributed by atoms with van der Waals surface area (Å²) in [5.41, 5.74) is 0. The second-order valence-corrected chi connectivity index (χ2v) is 12.1. The Morgan fingerprint density at radius 1 is 0.525 bits per heavy atom. The lowest BCUT2D eigenvalue weighted by atomic mass is 10.0. The fourth-order valence-corrected chi connectivity index (χ4v) is 5.35. The molecule has 0 radical (unpaired) electrons. The van der Waals surface area contributed by atoms with Crippen LogP contribution in [0.3, 0.4) is 0 Å². The number of aliphatic carboxylic acids is 1. The molecule has 0 saturated heterocycles.